The second-order valence-electron chi connectivity index (χ2n) is 15.0. The van der Waals surface area contributed by atoms with E-state index in [0.717, 1.165) is 16.0 Å². The Labute approximate surface area is 477 Å². The van der Waals surface area contributed by atoms with Gasteiger partial charge in [0.2, 0.25) is 11.1 Å². The highest BCUT2D eigenvalue weighted by atomic mass is 35.5. The van der Waals surface area contributed by atoms with E-state index in [-0.39, 0.29) is 17.9 Å². The number of thiocarbonyl (C=S) groups is 3. The van der Waals surface area contributed by atoms with E-state index in [1.54, 1.807) is 60.7 Å². The number of carbonyl (C=O) groups is 3. The first-order valence-electron chi connectivity index (χ1n) is 20.1. The summed E-state index contributed by atoms with van der Waals surface area (Å²) in [7, 11) is 0. The van der Waals surface area contributed by atoms with E-state index in [2.05, 4.69) is 45.4 Å². The number of carbonyl (C=O) groups excluding carboxylic acids is 2. The maximum absolute atomic E-state index is 11.8. The number of nitrogens with two attached hydrogens (primary N) is 4. The number of hydrogen-bond acceptors (Lipinski definition) is 14. The number of anilines is 1. The molecular formula is C46H44Cl9N9O5S3. The minimum Gasteiger partial charge on any atom is -0.480 e. The van der Waals surface area contributed by atoms with Crippen molar-refractivity contribution in [3.63, 3.8) is 0 Å². The zero-order valence-electron chi connectivity index (χ0n) is 37.4. The number of rotatable bonds is 11. The lowest BCUT2D eigenvalue weighted by Crippen LogP contribution is -2.35. The van der Waals surface area contributed by atoms with E-state index >= 15 is 0 Å². The predicted octanol–water partition coefficient (Wildman–Crippen LogP) is 11.9. The predicted molar refractivity (Wildman–Crippen MR) is 302 cm³/mol. The van der Waals surface area contributed by atoms with Crippen molar-refractivity contribution in [2.75, 3.05) is 18.8 Å². The number of nitrogen functional groups attached to an aromatic ring is 1. The summed E-state index contributed by atoms with van der Waals surface area (Å²) in [6.07, 6.45) is 4.83. The van der Waals surface area contributed by atoms with Crippen molar-refractivity contribution in [2.45, 2.75) is 51.4 Å². The van der Waals surface area contributed by atoms with E-state index in [4.69, 9.17) is 161 Å². The number of halogens is 9. The maximum Gasteiger partial charge on any atom is 0.324 e. The average molecular weight is 1220 g/mol. The van der Waals surface area contributed by atoms with Crippen molar-refractivity contribution in [2.24, 2.45) is 38.7 Å². The Balaban J connectivity index is 0.000000860. The number of isothiocyanates is 1. The van der Waals surface area contributed by atoms with Crippen molar-refractivity contribution < 1.29 is 25.0 Å². The number of carboxylic acid groups (broad SMARTS) is 1. The minimum atomic E-state index is -0.986. The molecule has 72 heavy (non-hydrogen) atoms. The van der Waals surface area contributed by atoms with E-state index in [1.165, 1.54) is 0 Å². The standard InChI is InChI=1S/C14H12Cl2N2OS.C9H9Cl2NS.C7H3Cl2NS.C6H5Cl2N.C5H4ClNO.C5H5NO2.H4N2.H2O/c15-11-2-1-9(6-12(11)16)5-10(20)7-18-13(19)14(8-17)3-4-14;10-8-2-1-6(4-9(8)11)3-7(13)5-12;8-6-2-1-5(10-4-11)3-7(6)9;7-5-2-1-4(9)3-6(5)8;6-4(8)5(3-7)1-2-5;6-3-5(1-2-5)4(7)8;1-2;/h1-2,6H,3-5,7H2,(H,18,19);1-2,4H,3,5,12H2;1-3H;1-3H,9H2;1-2H2;1-2H2,(H,7,8);1-2H2;1H2. The van der Waals surface area contributed by atoms with E-state index < -0.39 is 27.5 Å². The first kappa shape index (κ1) is 68.2. The highest BCUT2D eigenvalue weighted by molar-refractivity contribution is 7.80. The molecule has 0 atom stereocenters. The average Bonchev–Trinajstić information content (AvgIpc) is 4.22. The summed E-state index contributed by atoms with van der Waals surface area (Å²) in [6, 6.07) is 26.5. The number of hydrazine groups is 1. The lowest BCUT2D eigenvalue weighted by molar-refractivity contribution is -0.141. The zero-order chi connectivity index (χ0) is 54.1. The Bertz CT molecular complexity index is 2700. The second kappa shape index (κ2) is 33.9. The molecule has 3 aliphatic rings. The zero-order valence-corrected chi connectivity index (χ0v) is 46.6. The number of nitriles is 3. The molecule has 0 saturated heterocycles. The Morgan fingerprint density at radius 2 is 1.01 bits per heavy atom. The molecule has 4 aromatic rings. The molecule has 0 radical (unpaired) electrons. The Morgan fingerprint density at radius 3 is 1.31 bits per heavy atom. The van der Waals surface area contributed by atoms with Crippen molar-refractivity contribution in [1.82, 2.24) is 5.32 Å². The van der Waals surface area contributed by atoms with Gasteiger partial charge in [0.1, 0.15) is 10.8 Å². The number of carboxylic acids is 1. The van der Waals surface area contributed by atoms with Gasteiger partial charge in [0.05, 0.1) is 69.2 Å². The van der Waals surface area contributed by atoms with Gasteiger partial charge in [-0.1, -0.05) is 129 Å². The molecule has 14 nitrogen and oxygen atoms in total. The van der Waals surface area contributed by atoms with Crippen LogP contribution in [-0.2, 0) is 27.2 Å². The van der Waals surface area contributed by atoms with E-state index in [1.807, 2.05) is 24.3 Å². The lowest BCUT2D eigenvalue weighted by atomic mass is 10.1. The van der Waals surface area contributed by atoms with Crippen molar-refractivity contribution >= 4 is 184 Å². The summed E-state index contributed by atoms with van der Waals surface area (Å²) < 4.78 is 0. The molecule has 0 aliphatic heterocycles. The molecule has 0 spiro atoms. The van der Waals surface area contributed by atoms with Crippen LogP contribution in [-0.4, -0.2) is 55.7 Å². The Morgan fingerprint density at radius 1 is 0.625 bits per heavy atom. The molecule has 0 unspecified atom stereocenters. The van der Waals surface area contributed by atoms with Crippen molar-refractivity contribution in [3.05, 3.63) is 124 Å². The fraction of sp³-hybridized carbons (Fsp3) is 0.283. The van der Waals surface area contributed by atoms with Crippen molar-refractivity contribution in [1.29, 1.82) is 15.8 Å². The summed E-state index contributed by atoms with van der Waals surface area (Å²) in [5.41, 5.74) is 11.5. The fourth-order valence-electron chi connectivity index (χ4n) is 4.85. The van der Waals surface area contributed by atoms with Crippen LogP contribution in [0.4, 0.5) is 11.4 Å². The molecule has 4 aromatic carbocycles. The van der Waals surface area contributed by atoms with Crippen LogP contribution >= 0.6 is 141 Å². The van der Waals surface area contributed by atoms with Crippen molar-refractivity contribution in [3.8, 4) is 18.2 Å². The molecule has 7 rings (SSSR count). The van der Waals surface area contributed by atoms with Gasteiger partial charge in [-0.3, -0.25) is 26.1 Å². The fourth-order valence-corrected chi connectivity index (χ4v) is 6.83. The SMILES string of the molecule is N#CC1(C(=O)Cl)CC1.N#CC1(C(=O)NCC(=S)Cc2ccc(Cl)c(Cl)c2)CC1.N#CC1(C(=O)O)CC1.NCC(=S)Cc1ccc(Cl)c(Cl)c1.NN.Nc1ccc(Cl)c(Cl)c1.O.S=C=Nc1ccc(Cl)c(Cl)c1. The molecule has 0 bridgehead atoms. The molecule has 0 aromatic heterocycles. The highest BCUT2D eigenvalue weighted by Gasteiger charge is 2.51. The van der Waals surface area contributed by atoms with Gasteiger partial charge in [-0.25, -0.2) is 0 Å². The van der Waals surface area contributed by atoms with Gasteiger partial charge in [0.15, 0.2) is 5.41 Å². The lowest BCUT2D eigenvalue weighted by Gasteiger charge is -2.09. The maximum atomic E-state index is 11.8. The highest BCUT2D eigenvalue weighted by Crippen LogP contribution is 2.47. The largest absolute Gasteiger partial charge is 0.480 e. The number of benzene rings is 4. The molecule has 3 saturated carbocycles. The molecule has 3 aliphatic carbocycles. The minimum absolute atomic E-state index is 0. The van der Waals surface area contributed by atoms with Gasteiger partial charge in [-0.2, -0.15) is 20.8 Å². The van der Waals surface area contributed by atoms with Crippen LogP contribution < -0.4 is 28.5 Å². The van der Waals surface area contributed by atoms with Crippen LogP contribution in [0.2, 0.25) is 40.2 Å². The van der Waals surface area contributed by atoms with Crippen LogP contribution in [0.3, 0.4) is 0 Å². The molecule has 12 N–H and O–H groups in total. The van der Waals surface area contributed by atoms with Gasteiger partial charge in [-0.05, 0) is 134 Å². The number of aliphatic imine (C=N–C) groups is 1. The number of nitrogens with zero attached hydrogens (tertiary/aromatic N) is 4. The summed E-state index contributed by atoms with van der Waals surface area (Å²) >= 11 is 65.7. The number of hydrogen-bond donors (Lipinski definition) is 6. The molecule has 3 fully saturated rings. The molecule has 26 heteroatoms. The number of amides is 1. The summed E-state index contributed by atoms with van der Waals surface area (Å²) in [6.45, 7) is 0.716. The molecular weight excluding hydrogens is 1170 g/mol. The quantitative estimate of drug-likeness (QED) is 0.0203. The first-order valence-corrected chi connectivity index (χ1v) is 24.7. The Hall–Kier alpha value is -3.81. The first-order chi connectivity index (χ1) is 33.5. The van der Waals surface area contributed by atoms with Gasteiger partial charge in [0, 0.05) is 41.3 Å². The molecule has 1 amide bonds. The third-order valence-corrected chi connectivity index (χ3v) is 13.6. The summed E-state index contributed by atoms with van der Waals surface area (Å²) in [5.74, 6) is 6.80. The van der Waals surface area contributed by atoms with Crippen LogP contribution in [0.25, 0.3) is 0 Å². The van der Waals surface area contributed by atoms with Crippen LogP contribution in [0, 0.1) is 50.2 Å². The second-order valence-corrected chi connectivity index (χ2v) is 19.9. The van der Waals surface area contributed by atoms with Gasteiger partial charge in [-0.15, -0.1) is 0 Å². The summed E-state index contributed by atoms with van der Waals surface area (Å²) in [4.78, 5) is 37.4. The topological polar surface area (TPSA) is 303 Å². The third kappa shape index (κ3) is 24.0. The summed E-state index contributed by atoms with van der Waals surface area (Å²) in [5, 5.41) is 42.2. The van der Waals surface area contributed by atoms with Crippen LogP contribution in [0.5, 0.6) is 0 Å². The van der Waals surface area contributed by atoms with E-state index in [0.29, 0.717) is 114 Å². The van der Waals surface area contributed by atoms with Crippen LogP contribution in [0.15, 0.2) is 77.8 Å². The van der Waals surface area contributed by atoms with Crippen LogP contribution in [0.1, 0.15) is 49.7 Å². The van der Waals surface area contributed by atoms with Gasteiger partial charge in [0.25, 0.3) is 0 Å². The number of nitrogens with one attached hydrogen (secondary N) is 1. The molecule has 0 heterocycles. The normalized spacial score (nSPS) is 13.5. The third-order valence-electron chi connectivity index (χ3n) is 9.58. The van der Waals surface area contributed by atoms with Gasteiger partial charge >= 0.3 is 5.97 Å². The smallest absolute Gasteiger partial charge is 0.324 e. The molecule has 384 valence electrons. The van der Waals surface area contributed by atoms with Gasteiger partial charge < -0.3 is 27.4 Å². The monoisotopic (exact) mass is 1210 g/mol. The number of aliphatic carboxylic acids is 1. The van der Waals surface area contributed by atoms with E-state index in [9.17, 15) is 14.4 Å². The Kier molecular flexibility index (Phi) is 32.1.